The van der Waals surface area contributed by atoms with E-state index in [0.717, 1.165) is 5.56 Å². The van der Waals surface area contributed by atoms with E-state index in [4.69, 9.17) is 15.2 Å². The molecule has 3 aromatic rings. The van der Waals surface area contributed by atoms with Crippen molar-refractivity contribution < 1.29 is 14.4 Å². The Labute approximate surface area is 155 Å². The van der Waals surface area contributed by atoms with Crippen LogP contribution in [0.3, 0.4) is 0 Å². The zero-order chi connectivity index (χ0) is 19.4. The highest BCUT2D eigenvalue weighted by Crippen LogP contribution is 2.32. The van der Waals surface area contributed by atoms with Crippen LogP contribution in [-0.4, -0.2) is 33.8 Å². The molecular weight excluding hydrogens is 350 g/mol. The normalized spacial score (nSPS) is 11.8. The number of aromatic nitrogens is 3. The molecule has 27 heavy (non-hydrogen) atoms. The average molecular weight is 369 g/mol. The second-order valence-electron chi connectivity index (χ2n) is 5.64. The molecular formula is C18H19N5O4. The number of nitrogens with one attached hydrogen (secondary N) is 1. The van der Waals surface area contributed by atoms with Gasteiger partial charge in [-0.1, -0.05) is 18.2 Å². The number of nitrogens with zero attached hydrogens (tertiary/aromatic N) is 3. The van der Waals surface area contributed by atoms with Gasteiger partial charge in [0.1, 0.15) is 5.82 Å². The third-order valence-corrected chi connectivity index (χ3v) is 3.99. The fraction of sp³-hybridized carbons (Fsp3) is 0.222. The van der Waals surface area contributed by atoms with Crippen LogP contribution in [0.1, 0.15) is 24.4 Å². The summed E-state index contributed by atoms with van der Waals surface area (Å²) in [6.07, 6.45) is 0. The van der Waals surface area contributed by atoms with Crippen molar-refractivity contribution in [3.8, 4) is 22.9 Å². The van der Waals surface area contributed by atoms with Crippen LogP contribution in [0.15, 0.2) is 42.5 Å². The topological polar surface area (TPSA) is 129 Å². The molecule has 1 heterocycles. The van der Waals surface area contributed by atoms with Crippen LogP contribution in [0.4, 0.5) is 5.69 Å². The number of hydrogen-bond donors (Lipinski definition) is 2. The molecule has 0 amide bonds. The van der Waals surface area contributed by atoms with Gasteiger partial charge in [0, 0.05) is 6.07 Å². The standard InChI is InChI=1S/C18H19N5O4/c1-3-27-15-10-11(8-9-14(15)26-2)16(19)18-20-17(21-22-18)12-6-4-5-7-13(12)23(24)25/h4-10,16H,3,19H2,1-2H3,(H,20,21,22)/t16-/m0/s1. The highest BCUT2D eigenvalue weighted by atomic mass is 16.6. The van der Waals surface area contributed by atoms with Gasteiger partial charge in [0.15, 0.2) is 17.3 Å². The van der Waals surface area contributed by atoms with Gasteiger partial charge in [-0.2, -0.15) is 5.10 Å². The molecule has 3 rings (SSSR count). The lowest BCUT2D eigenvalue weighted by Gasteiger charge is -2.14. The molecule has 0 saturated carbocycles. The van der Waals surface area contributed by atoms with E-state index < -0.39 is 11.0 Å². The number of nitro groups is 1. The van der Waals surface area contributed by atoms with Crippen molar-refractivity contribution in [3.63, 3.8) is 0 Å². The van der Waals surface area contributed by atoms with Crippen LogP contribution in [0.25, 0.3) is 11.4 Å². The predicted octanol–water partition coefficient (Wildman–Crippen LogP) is 2.84. The smallest absolute Gasteiger partial charge is 0.280 e. The summed E-state index contributed by atoms with van der Waals surface area (Å²) < 4.78 is 10.8. The summed E-state index contributed by atoms with van der Waals surface area (Å²) in [6, 6.07) is 11.0. The van der Waals surface area contributed by atoms with Gasteiger partial charge < -0.3 is 15.2 Å². The van der Waals surface area contributed by atoms with Crippen molar-refractivity contribution in [2.45, 2.75) is 13.0 Å². The van der Waals surface area contributed by atoms with E-state index in [9.17, 15) is 10.1 Å². The third kappa shape index (κ3) is 3.72. The lowest BCUT2D eigenvalue weighted by molar-refractivity contribution is -0.384. The van der Waals surface area contributed by atoms with E-state index in [1.165, 1.54) is 6.07 Å². The minimum absolute atomic E-state index is 0.0697. The summed E-state index contributed by atoms with van der Waals surface area (Å²) in [5, 5.41) is 18.1. The van der Waals surface area contributed by atoms with Gasteiger partial charge in [-0.05, 0) is 30.7 Å². The van der Waals surface area contributed by atoms with Crippen LogP contribution in [-0.2, 0) is 0 Å². The number of hydrogen-bond acceptors (Lipinski definition) is 7. The first-order chi connectivity index (χ1) is 13.0. The highest BCUT2D eigenvalue weighted by molar-refractivity contribution is 5.67. The number of H-pyrrole nitrogens is 1. The summed E-state index contributed by atoms with van der Waals surface area (Å²) >= 11 is 0. The van der Waals surface area contributed by atoms with Crippen LogP contribution in [0.2, 0.25) is 0 Å². The molecule has 3 N–H and O–H groups in total. The Morgan fingerprint density at radius 1 is 1.26 bits per heavy atom. The fourth-order valence-corrected chi connectivity index (χ4v) is 2.67. The first kappa shape index (κ1) is 18.3. The molecule has 1 aromatic heterocycles. The number of nitrogens with two attached hydrogens (primary N) is 1. The minimum Gasteiger partial charge on any atom is -0.493 e. The second-order valence-corrected chi connectivity index (χ2v) is 5.64. The van der Waals surface area contributed by atoms with Gasteiger partial charge in [0.25, 0.3) is 5.69 Å². The number of benzene rings is 2. The van der Waals surface area contributed by atoms with E-state index >= 15 is 0 Å². The van der Waals surface area contributed by atoms with Crippen molar-refractivity contribution >= 4 is 5.69 Å². The maximum atomic E-state index is 11.2. The summed E-state index contributed by atoms with van der Waals surface area (Å²) in [6.45, 7) is 2.36. The van der Waals surface area contributed by atoms with Gasteiger partial charge in [0.2, 0.25) is 0 Å². The SMILES string of the molecule is CCOc1cc([C@H](N)c2nc(-c3ccccc3[N+](=O)[O-])n[nH]2)ccc1OC. The van der Waals surface area contributed by atoms with E-state index in [1.807, 2.05) is 6.92 Å². The van der Waals surface area contributed by atoms with Crippen molar-refractivity contribution in [2.24, 2.45) is 5.73 Å². The zero-order valence-corrected chi connectivity index (χ0v) is 14.9. The molecule has 0 aliphatic carbocycles. The Kier molecular flexibility index (Phi) is 5.32. The van der Waals surface area contributed by atoms with Gasteiger partial charge in [0.05, 0.1) is 30.2 Å². The van der Waals surface area contributed by atoms with Crippen LogP contribution < -0.4 is 15.2 Å². The average Bonchev–Trinajstić information content (AvgIpc) is 3.17. The molecule has 0 fully saturated rings. The van der Waals surface area contributed by atoms with Crippen LogP contribution in [0, 0.1) is 10.1 Å². The molecule has 0 aliphatic rings. The molecule has 0 unspecified atom stereocenters. The largest absolute Gasteiger partial charge is 0.493 e. The number of rotatable bonds is 7. The van der Waals surface area contributed by atoms with E-state index in [0.29, 0.717) is 29.5 Å². The minimum atomic E-state index is -0.612. The van der Waals surface area contributed by atoms with E-state index in [2.05, 4.69) is 15.2 Å². The first-order valence-corrected chi connectivity index (χ1v) is 8.27. The number of aromatic amines is 1. The summed E-state index contributed by atoms with van der Waals surface area (Å²) in [7, 11) is 1.56. The Morgan fingerprint density at radius 2 is 2.04 bits per heavy atom. The third-order valence-electron chi connectivity index (χ3n) is 3.99. The number of ether oxygens (including phenoxy) is 2. The summed E-state index contributed by atoms with van der Waals surface area (Å²) in [4.78, 5) is 15.1. The van der Waals surface area contributed by atoms with Crippen molar-refractivity contribution in [2.75, 3.05) is 13.7 Å². The van der Waals surface area contributed by atoms with Crippen molar-refractivity contribution in [1.82, 2.24) is 15.2 Å². The Balaban J connectivity index is 1.93. The van der Waals surface area contributed by atoms with Crippen molar-refractivity contribution in [3.05, 3.63) is 64.0 Å². The molecule has 2 aromatic carbocycles. The monoisotopic (exact) mass is 369 g/mol. The van der Waals surface area contributed by atoms with Gasteiger partial charge >= 0.3 is 0 Å². The Hall–Kier alpha value is -3.46. The Morgan fingerprint density at radius 3 is 2.74 bits per heavy atom. The fourth-order valence-electron chi connectivity index (χ4n) is 2.67. The first-order valence-electron chi connectivity index (χ1n) is 8.27. The number of para-hydroxylation sites is 1. The molecule has 0 bridgehead atoms. The van der Waals surface area contributed by atoms with Gasteiger partial charge in [-0.25, -0.2) is 4.98 Å². The maximum Gasteiger partial charge on any atom is 0.280 e. The molecule has 0 spiro atoms. The van der Waals surface area contributed by atoms with Crippen molar-refractivity contribution in [1.29, 1.82) is 0 Å². The van der Waals surface area contributed by atoms with Gasteiger partial charge in [-0.15, -0.1) is 0 Å². The van der Waals surface area contributed by atoms with Gasteiger partial charge in [-0.3, -0.25) is 15.2 Å². The lowest BCUT2D eigenvalue weighted by atomic mass is 10.1. The molecule has 9 heteroatoms. The summed E-state index contributed by atoms with van der Waals surface area (Å²) in [5.74, 6) is 1.78. The van der Waals surface area contributed by atoms with Crippen LogP contribution in [0.5, 0.6) is 11.5 Å². The highest BCUT2D eigenvalue weighted by Gasteiger charge is 2.21. The molecule has 9 nitrogen and oxygen atoms in total. The zero-order valence-electron chi connectivity index (χ0n) is 14.9. The quantitative estimate of drug-likeness (QED) is 0.484. The number of methoxy groups -OCH3 is 1. The van der Waals surface area contributed by atoms with E-state index in [1.54, 1.807) is 43.5 Å². The molecule has 0 aliphatic heterocycles. The summed E-state index contributed by atoms with van der Waals surface area (Å²) in [5.41, 5.74) is 7.29. The molecule has 0 saturated heterocycles. The number of nitro benzene ring substituents is 1. The lowest BCUT2D eigenvalue weighted by Crippen LogP contribution is -2.14. The molecule has 1 atom stereocenters. The maximum absolute atomic E-state index is 11.2. The Bertz CT molecular complexity index is 956. The van der Waals surface area contributed by atoms with E-state index in [-0.39, 0.29) is 11.5 Å². The second kappa shape index (κ2) is 7.83. The predicted molar refractivity (Wildman–Crippen MR) is 98.7 cm³/mol. The molecule has 140 valence electrons. The molecule has 0 radical (unpaired) electrons. The van der Waals surface area contributed by atoms with Crippen LogP contribution >= 0.6 is 0 Å².